The van der Waals surface area contributed by atoms with Gasteiger partial charge in [-0.15, -0.1) is 0 Å². The molecule has 2 aliphatic heterocycles. The van der Waals surface area contributed by atoms with Gasteiger partial charge in [0.1, 0.15) is 5.60 Å². The van der Waals surface area contributed by atoms with Crippen LogP contribution >= 0.6 is 11.6 Å². The van der Waals surface area contributed by atoms with Crippen LogP contribution < -0.4 is 5.32 Å². The molecule has 2 N–H and O–H groups in total. The van der Waals surface area contributed by atoms with Crippen LogP contribution in [-0.4, -0.2) is 70.2 Å². The minimum absolute atomic E-state index is 0.0978. The van der Waals surface area contributed by atoms with E-state index in [2.05, 4.69) is 10.3 Å². The van der Waals surface area contributed by atoms with Crippen molar-refractivity contribution in [2.24, 2.45) is 4.99 Å². The summed E-state index contributed by atoms with van der Waals surface area (Å²) in [5.41, 5.74) is 2.29. The molecule has 5 rings (SSSR count). The zero-order valence-corrected chi connectivity index (χ0v) is 17.5. The van der Waals surface area contributed by atoms with Gasteiger partial charge in [0.2, 0.25) is 0 Å². The molecule has 0 spiro atoms. The number of aliphatic imine (C=N–C) groups is 1. The van der Waals surface area contributed by atoms with Crippen LogP contribution in [0.3, 0.4) is 0 Å². The normalized spacial score (nSPS) is 21.9. The highest BCUT2D eigenvalue weighted by molar-refractivity contribution is 6.36. The predicted octanol–water partition coefficient (Wildman–Crippen LogP) is 1.90. The number of aliphatic hydroxyl groups is 1. The average molecular weight is 441 g/mol. The molecule has 1 aromatic carbocycles. The van der Waals surface area contributed by atoms with Gasteiger partial charge in [-0.05, 0) is 42.2 Å². The number of hydrogen-bond acceptors (Lipinski definition) is 4. The predicted molar refractivity (Wildman–Crippen MR) is 115 cm³/mol. The van der Waals surface area contributed by atoms with Crippen molar-refractivity contribution in [1.29, 1.82) is 0 Å². The Balaban J connectivity index is 1.27. The van der Waals surface area contributed by atoms with Gasteiger partial charge in [0.25, 0.3) is 11.8 Å². The summed E-state index contributed by atoms with van der Waals surface area (Å²) in [5.74, 6) is -0.319. The SMILES string of the molecule is O=C1N=C2C=C(Cl)CC(c3ccc(C(=O)N4CCN(C(=O)C5(O)CC5)CC4)cc3)=C2N1. The van der Waals surface area contributed by atoms with Gasteiger partial charge in [-0.3, -0.25) is 9.59 Å². The van der Waals surface area contributed by atoms with Crippen LogP contribution in [0, 0.1) is 0 Å². The summed E-state index contributed by atoms with van der Waals surface area (Å²) in [6.07, 6.45) is 3.20. The maximum absolute atomic E-state index is 12.9. The van der Waals surface area contributed by atoms with Crippen LogP contribution in [0.15, 0.2) is 46.1 Å². The lowest BCUT2D eigenvalue weighted by atomic mass is 9.93. The second-order valence-electron chi connectivity index (χ2n) is 8.24. The smallest absolute Gasteiger partial charge is 0.346 e. The van der Waals surface area contributed by atoms with Gasteiger partial charge in [-0.2, -0.15) is 4.99 Å². The summed E-state index contributed by atoms with van der Waals surface area (Å²) >= 11 is 6.23. The van der Waals surface area contributed by atoms with E-state index in [1.807, 2.05) is 12.1 Å². The number of fused-ring (bicyclic) bond motifs is 1. The van der Waals surface area contributed by atoms with E-state index in [1.54, 1.807) is 28.0 Å². The zero-order valence-electron chi connectivity index (χ0n) is 16.7. The van der Waals surface area contributed by atoms with Crippen molar-refractivity contribution in [2.75, 3.05) is 26.2 Å². The number of halogens is 1. The van der Waals surface area contributed by atoms with Gasteiger partial charge in [0.05, 0.1) is 11.4 Å². The molecule has 31 heavy (non-hydrogen) atoms. The van der Waals surface area contributed by atoms with E-state index in [0.29, 0.717) is 67.4 Å². The number of urea groups is 1. The second-order valence-corrected chi connectivity index (χ2v) is 8.73. The first-order chi connectivity index (χ1) is 14.8. The Bertz CT molecular complexity index is 1080. The van der Waals surface area contributed by atoms with Crippen LogP contribution in [0.4, 0.5) is 4.79 Å². The third kappa shape index (κ3) is 3.66. The zero-order chi connectivity index (χ0) is 21.8. The molecule has 0 atom stereocenters. The summed E-state index contributed by atoms with van der Waals surface area (Å²) in [5, 5.41) is 13.4. The molecule has 1 saturated heterocycles. The minimum Gasteiger partial charge on any atom is -0.380 e. The Morgan fingerprint density at radius 2 is 1.71 bits per heavy atom. The molecule has 0 radical (unpaired) electrons. The van der Waals surface area contributed by atoms with Gasteiger partial charge in [0, 0.05) is 43.2 Å². The number of piperazine rings is 1. The van der Waals surface area contributed by atoms with E-state index in [0.717, 1.165) is 11.1 Å². The van der Waals surface area contributed by atoms with Crippen LogP contribution in [-0.2, 0) is 4.79 Å². The molecule has 0 bridgehead atoms. The molecular weight excluding hydrogens is 420 g/mol. The average Bonchev–Trinajstić information content (AvgIpc) is 3.42. The first kappa shape index (κ1) is 20.0. The maximum atomic E-state index is 12.9. The Hall–Kier alpha value is -2.97. The van der Waals surface area contributed by atoms with E-state index < -0.39 is 11.6 Å². The summed E-state index contributed by atoms with van der Waals surface area (Å²) < 4.78 is 0. The molecule has 2 heterocycles. The number of nitrogens with zero attached hydrogens (tertiary/aromatic N) is 3. The monoisotopic (exact) mass is 440 g/mol. The first-order valence-electron chi connectivity index (χ1n) is 10.2. The largest absolute Gasteiger partial charge is 0.380 e. The molecule has 2 fully saturated rings. The van der Waals surface area contributed by atoms with E-state index in [9.17, 15) is 19.5 Å². The summed E-state index contributed by atoms with van der Waals surface area (Å²) in [7, 11) is 0. The van der Waals surface area contributed by atoms with Gasteiger partial charge >= 0.3 is 6.03 Å². The van der Waals surface area contributed by atoms with Crippen LogP contribution in [0.5, 0.6) is 0 Å². The molecular formula is C22H21ClN4O4. The minimum atomic E-state index is -1.17. The van der Waals surface area contributed by atoms with E-state index in [1.165, 1.54) is 0 Å². The molecule has 0 unspecified atom stereocenters. The number of hydrogen-bond donors (Lipinski definition) is 2. The fourth-order valence-electron chi connectivity index (χ4n) is 4.14. The standard InChI is InChI=1S/C22H21ClN4O4/c23-15-11-16(18-17(12-15)24-21(30)25-18)13-1-3-14(4-2-13)19(28)26-7-9-27(10-8-26)20(29)22(31)5-6-22/h1-4,12,31H,5-11H2,(H,25,30). The lowest BCUT2D eigenvalue weighted by molar-refractivity contribution is -0.143. The van der Waals surface area contributed by atoms with E-state index in [4.69, 9.17) is 11.6 Å². The highest BCUT2D eigenvalue weighted by Crippen LogP contribution is 2.37. The number of carbonyl (C=O) groups excluding carboxylic acids is 3. The van der Waals surface area contributed by atoms with Crippen molar-refractivity contribution in [3.63, 3.8) is 0 Å². The van der Waals surface area contributed by atoms with E-state index >= 15 is 0 Å². The van der Waals surface area contributed by atoms with Crippen LogP contribution in [0.2, 0.25) is 0 Å². The molecule has 160 valence electrons. The molecule has 4 amide bonds. The topological polar surface area (TPSA) is 102 Å². The van der Waals surface area contributed by atoms with Gasteiger partial charge in [0.15, 0.2) is 0 Å². The van der Waals surface area contributed by atoms with Gasteiger partial charge < -0.3 is 20.2 Å². The van der Waals surface area contributed by atoms with Crippen molar-refractivity contribution in [3.05, 3.63) is 52.2 Å². The summed E-state index contributed by atoms with van der Waals surface area (Å²) in [6, 6.07) is 6.79. The number of nitrogens with one attached hydrogen (secondary N) is 1. The van der Waals surface area contributed by atoms with Crippen LogP contribution in [0.25, 0.3) is 5.57 Å². The van der Waals surface area contributed by atoms with Crippen molar-refractivity contribution in [2.45, 2.75) is 24.9 Å². The molecule has 2 aliphatic carbocycles. The number of rotatable bonds is 3. The van der Waals surface area contributed by atoms with Gasteiger partial charge in [-0.25, -0.2) is 4.79 Å². The number of amides is 4. The van der Waals surface area contributed by atoms with Crippen molar-refractivity contribution in [1.82, 2.24) is 15.1 Å². The van der Waals surface area contributed by atoms with Crippen LogP contribution in [0.1, 0.15) is 35.2 Å². The van der Waals surface area contributed by atoms with E-state index in [-0.39, 0.29) is 11.8 Å². The maximum Gasteiger partial charge on any atom is 0.346 e. The molecule has 1 aromatic rings. The molecule has 1 saturated carbocycles. The first-order valence-corrected chi connectivity index (χ1v) is 10.6. The number of benzene rings is 1. The quantitative estimate of drug-likeness (QED) is 0.749. The number of carbonyl (C=O) groups is 3. The van der Waals surface area contributed by atoms with Crippen molar-refractivity contribution in [3.8, 4) is 0 Å². The Morgan fingerprint density at radius 3 is 2.35 bits per heavy atom. The van der Waals surface area contributed by atoms with Crippen molar-refractivity contribution < 1.29 is 19.5 Å². The molecule has 4 aliphatic rings. The highest BCUT2D eigenvalue weighted by atomic mass is 35.5. The summed E-state index contributed by atoms with van der Waals surface area (Å²) in [4.78, 5) is 44.1. The third-order valence-electron chi connectivity index (χ3n) is 6.11. The molecule has 8 nitrogen and oxygen atoms in total. The molecule has 0 aromatic heterocycles. The lowest BCUT2D eigenvalue weighted by Gasteiger charge is -2.35. The fraction of sp³-hybridized carbons (Fsp3) is 0.364. The van der Waals surface area contributed by atoms with Gasteiger partial charge in [-0.1, -0.05) is 23.7 Å². The third-order valence-corrected chi connectivity index (χ3v) is 6.35. The second kappa shape index (κ2) is 7.32. The summed E-state index contributed by atoms with van der Waals surface area (Å²) in [6.45, 7) is 1.72. The Labute approximate surface area is 183 Å². The van der Waals surface area contributed by atoms with Crippen molar-refractivity contribution >= 4 is 40.7 Å². The lowest BCUT2D eigenvalue weighted by Crippen LogP contribution is -2.53. The Kier molecular flexibility index (Phi) is 4.71. The Morgan fingerprint density at radius 1 is 1.06 bits per heavy atom. The highest BCUT2D eigenvalue weighted by Gasteiger charge is 2.50. The molecule has 9 heteroatoms. The number of allylic oxidation sites excluding steroid dienone is 3. The fourth-order valence-corrected chi connectivity index (χ4v) is 4.37.